The van der Waals surface area contributed by atoms with E-state index in [9.17, 15) is 9.59 Å². The molecule has 0 aromatic heterocycles. The summed E-state index contributed by atoms with van der Waals surface area (Å²) in [7, 11) is 0. The number of rotatable bonds is 9. The fourth-order valence-electron chi connectivity index (χ4n) is 3.26. The first-order valence-corrected chi connectivity index (χ1v) is 10.2. The quantitative estimate of drug-likeness (QED) is 0.110. The first kappa shape index (κ1) is 25.9. The minimum Gasteiger partial charge on any atom is -0.481 e. The highest BCUT2D eigenvalue weighted by Gasteiger charge is 2.23. The average Bonchev–Trinajstić information content (AvgIpc) is 3.18. The van der Waals surface area contributed by atoms with E-state index in [-0.39, 0.29) is 5.96 Å². The molecule has 10 nitrogen and oxygen atoms in total. The number of aliphatic carboxylic acids is 2. The molecule has 0 heterocycles. The second kappa shape index (κ2) is 13.2. The van der Waals surface area contributed by atoms with E-state index in [0.29, 0.717) is 25.3 Å². The zero-order chi connectivity index (χ0) is 23.4. The summed E-state index contributed by atoms with van der Waals surface area (Å²) in [5.74, 6) is -1.94. The second-order valence-corrected chi connectivity index (χ2v) is 7.58. The summed E-state index contributed by atoms with van der Waals surface area (Å²) in [5, 5.41) is 29.6. The van der Waals surface area contributed by atoms with Crippen LogP contribution in [-0.4, -0.2) is 51.6 Å². The lowest BCUT2D eigenvalue weighted by atomic mass is 9.94. The maximum atomic E-state index is 10.9. The van der Waals surface area contributed by atoms with Crippen LogP contribution in [0.4, 0.5) is 0 Å². The minimum absolute atomic E-state index is 0.0129. The molecule has 1 saturated carbocycles. The van der Waals surface area contributed by atoms with Crippen LogP contribution in [0.3, 0.4) is 0 Å². The monoisotopic (exact) mass is 435 g/mol. The Morgan fingerprint density at radius 3 is 2.32 bits per heavy atom. The molecular weight excluding hydrogens is 402 g/mol. The van der Waals surface area contributed by atoms with E-state index >= 15 is 0 Å². The van der Waals surface area contributed by atoms with Crippen molar-refractivity contribution in [1.29, 1.82) is 0 Å². The lowest BCUT2D eigenvalue weighted by molar-refractivity contribution is -0.139. The Bertz CT molecular complexity index is 775. The summed E-state index contributed by atoms with van der Waals surface area (Å²) in [4.78, 5) is 24.8. The molecule has 1 aliphatic rings. The van der Waals surface area contributed by atoms with Gasteiger partial charge >= 0.3 is 11.9 Å². The number of nitrogens with zero attached hydrogens (tertiary/aromatic N) is 2. The maximum Gasteiger partial charge on any atom is 0.320 e. The number of benzene rings is 1. The van der Waals surface area contributed by atoms with Crippen molar-refractivity contribution in [1.82, 2.24) is 0 Å². The molecule has 1 aromatic rings. The summed E-state index contributed by atoms with van der Waals surface area (Å²) < 4.78 is 0. The highest BCUT2D eigenvalue weighted by molar-refractivity contribution is 5.88. The number of carbonyl (C=O) groups is 2. The molecule has 2 unspecified atom stereocenters. The third-order valence-electron chi connectivity index (χ3n) is 5.20. The van der Waals surface area contributed by atoms with Gasteiger partial charge < -0.3 is 32.6 Å². The molecular formula is C21H33N5O5. The number of hydrogen-bond acceptors (Lipinski definition) is 6. The van der Waals surface area contributed by atoms with Gasteiger partial charge in [0.05, 0.1) is 11.6 Å². The van der Waals surface area contributed by atoms with E-state index in [4.69, 9.17) is 32.6 Å². The standard InChI is InChI=1S/C15H19NO3.C6H14N4O2/c1-10(15(17)18)12-7-5-11(6-8-12)9-13-3-2-4-14(13)16-19;7-4(5(11)12)2-1-3-10-6(8)9/h5-8,10,13,19H,2-4,9H2,1H3,(H,17,18);4H,1-3,7H2,(H,11,12)(H4,8,9,10)/t;4-/m.0/s1. The largest absolute Gasteiger partial charge is 0.481 e. The van der Waals surface area contributed by atoms with Crippen molar-refractivity contribution in [3.8, 4) is 0 Å². The highest BCUT2D eigenvalue weighted by atomic mass is 16.4. The molecule has 31 heavy (non-hydrogen) atoms. The van der Waals surface area contributed by atoms with Crippen LogP contribution < -0.4 is 17.2 Å². The normalized spacial score (nSPS) is 18.5. The van der Waals surface area contributed by atoms with Gasteiger partial charge in [-0.25, -0.2) is 0 Å². The number of aliphatic imine (C=N–C) groups is 1. The topological polar surface area (TPSA) is 198 Å². The van der Waals surface area contributed by atoms with Gasteiger partial charge in [-0.05, 0) is 56.6 Å². The molecule has 1 aromatic carbocycles. The fourth-order valence-corrected chi connectivity index (χ4v) is 3.26. The Balaban J connectivity index is 0.000000348. The smallest absolute Gasteiger partial charge is 0.320 e. The van der Waals surface area contributed by atoms with Crippen molar-refractivity contribution < 1.29 is 25.0 Å². The Hall–Kier alpha value is -3.14. The van der Waals surface area contributed by atoms with Crippen molar-refractivity contribution in [3.63, 3.8) is 0 Å². The van der Waals surface area contributed by atoms with Crippen LogP contribution in [-0.2, 0) is 16.0 Å². The van der Waals surface area contributed by atoms with Gasteiger partial charge in [-0.3, -0.25) is 14.6 Å². The predicted octanol–water partition coefficient (Wildman–Crippen LogP) is 1.50. The molecule has 0 aliphatic heterocycles. The van der Waals surface area contributed by atoms with E-state index in [1.54, 1.807) is 6.92 Å². The molecule has 9 N–H and O–H groups in total. The molecule has 0 amide bonds. The molecule has 172 valence electrons. The van der Waals surface area contributed by atoms with Crippen LogP contribution in [0.2, 0.25) is 0 Å². The Labute approximate surface area is 181 Å². The number of carboxylic acids is 2. The van der Waals surface area contributed by atoms with Crippen LogP contribution in [0.25, 0.3) is 0 Å². The summed E-state index contributed by atoms with van der Waals surface area (Å²) in [6.07, 6.45) is 4.85. The highest BCUT2D eigenvalue weighted by Crippen LogP contribution is 2.27. The van der Waals surface area contributed by atoms with Crippen LogP contribution in [0, 0.1) is 5.92 Å². The molecule has 1 aliphatic carbocycles. The fraction of sp³-hybridized carbons (Fsp3) is 0.524. The lowest BCUT2D eigenvalue weighted by Crippen LogP contribution is -2.30. The van der Waals surface area contributed by atoms with Crippen molar-refractivity contribution in [2.45, 2.75) is 57.4 Å². The van der Waals surface area contributed by atoms with Gasteiger partial charge in [0, 0.05) is 12.5 Å². The van der Waals surface area contributed by atoms with Crippen LogP contribution in [0.1, 0.15) is 56.1 Å². The van der Waals surface area contributed by atoms with Crippen LogP contribution >= 0.6 is 0 Å². The predicted molar refractivity (Wildman–Crippen MR) is 118 cm³/mol. The molecule has 3 atom stereocenters. The zero-order valence-electron chi connectivity index (χ0n) is 17.8. The van der Waals surface area contributed by atoms with Gasteiger partial charge in [0.1, 0.15) is 6.04 Å². The Kier molecular flexibility index (Phi) is 11.0. The second-order valence-electron chi connectivity index (χ2n) is 7.58. The number of hydrogen-bond donors (Lipinski definition) is 6. The first-order chi connectivity index (χ1) is 14.6. The SMILES string of the molecule is CC(C(=O)O)c1ccc(CC2CCCC2=NO)cc1.NC(N)=NCCC[C@H](N)C(=O)O. The third-order valence-corrected chi connectivity index (χ3v) is 5.20. The first-order valence-electron chi connectivity index (χ1n) is 10.2. The van der Waals surface area contributed by atoms with Crippen LogP contribution in [0.5, 0.6) is 0 Å². The third kappa shape index (κ3) is 9.47. The van der Waals surface area contributed by atoms with Crippen LogP contribution in [0.15, 0.2) is 34.4 Å². The van der Waals surface area contributed by atoms with Gasteiger partial charge in [0.25, 0.3) is 0 Å². The van der Waals surface area contributed by atoms with Gasteiger partial charge in [-0.15, -0.1) is 0 Å². The van der Waals surface area contributed by atoms with Gasteiger partial charge in [-0.1, -0.05) is 29.4 Å². The number of carboxylic acid groups (broad SMARTS) is 2. The van der Waals surface area contributed by atoms with E-state index in [1.807, 2.05) is 24.3 Å². The van der Waals surface area contributed by atoms with E-state index in [2.05, 4.69) is 10.1 Å². The summed E-state index contributed by atoms with van der Waals surface area (Å²) in [6, 6.07) is 6.88. The molecule has 1 fully saturated rings. The number of nitrogens with two attached hydrogens (primary N) is 3. The number of guanidine groups is 1. The Morgan fingerprint density at radius 1 is 1.16 bits per heavy atom. The van der Waals surface area contributed by atoms with Crippen molar-refractivity contribution in [2.24, 2.45) is 33.3 Å². The average molecular weight is 436 g/mol. The van der Waals surface area contributed by atoms with Crippen molar-refractivity contribution in [3.05, 3.63) is 35.4 Å². The summed E-state index contributed by atoms with van der Waals surface area (Å²) in [5.41, 5.74) is 18.2. The summed E-state index contributed by atoms with van der Waals surface area (Å²) >= 11 is 0. The van der Waals surface area contributed by atoms with Gasteiger partial charge in [0.15, 0.2) is 5.96 Å². The Morgan fingerprint density at radius 2 is 1.81 bits per heavy atom. The van der Waals surface area contributed by atoms with Gasteiger partial charge in [-0.2, -0.15) is 0 Å². The maximum absolute atomic E-state index is 10.9. The summed E-state index contributed by atoms with van der Waals surface area (Å²) in [6.45, 7) is 2.11. The minimum atomic E-state index is -1.00. The van der Waals surface area contributed by atoms with Gasteiger partial charge in [0.2, 0.25) is 0 Å². The molecule has 0 saturated heterocycles. The van der Waals surface area contributed by atoms with Crippen molar-refractivity contribution >= 4 is 23.6 Å². The van der Waals surface area contributed by atoms with Crippen molar-refractivity contribution in [2.75, 3.05) is 6.54 Å². The zero-order valence-corrected chi connectivity index (χ0v) is 17.8. The molecule has 0 bridgehead atoms. The van der Waals surface area contributed by atoms with E-state index in [1.165, 1.54) is 0 Å². The molecule has 10 heteroatoms. The number of oxime groups is 1. The van der Waals surface area contributed by atoms with E-state index in [0.717, 1.165) is 42.5 Å². The molecule has 2 rings (SSSR count). The lowest BCUT2D eigenvalue weighted by Gasteiger charge is -2.11. The van der Waals surface area contributed by atoms with E-state index < -0.39 is 23.9 Å². The molecule has 0 radical (unpaired) electrons. The molecule has 0 spiro atoms.